The molecular weight excluding hydrogens is 410 g/mol. The molecule has 1 fully saturated rings. The normalized spacial score (nSPS) is 17.6. The van der Waals surface area contributed by atoms with Crippen LogP contribution in [-0.2, 0) is 14.4 Å². The number of aliphatic hydroxyl groups excluding tert-OH is 1. The van der Waals surface area contributed by atoms with Gasteiger partial charge in [0.05, 0.1) is 18.7 Å². The summed E-state index contributed by atoms with van der Waals surface area (Å²) in [6.07, 6.45) is 1.73. The van der Waals surface area contributed by atoms with Gasteiger partial charge in [0.2, 0.25) is 0 Å². The van der Waals surface area contributed by atoms with Gasteiger partial charge in [0.1, 0.15) is 11.5 Å². The Bertz CT molecular complexity index is 1020. The summed E-state index contributed by atoms with van der Waals surface area (Å²) in [7, 11) is 1.55. The zero-order valence-electron chi connectivity index (χ0n) is 18.2. The van der Waals surface area contributed by atoms with Crippen LogP contribution in [0.2, 0.25) is 0 Å². The predicted octanol–water partition coefficient (Wildman–Crippen LogP) is 4.07. The van der Waals surface area contributed by atoms with Crippen LogP contribution >= 0.6 is 0 Å². The molecule has 32 heavy (non-hydrogen) atoms. The van der Waals surface area contributed by atoms with E-state index in [1.807, 2.05) is 19.1 Å². The quantitative estimate of drug-likeness (QED) is 0.265. The lowest BCUT2D eigenvalue weighted by atomic mass is 9.95. The van der Waals surface area contributed by atoms with Crippen LogP contribution in [0.3, 0.4) is 0 Å². The summed E-state index contributed by atoms with van der Waals surface area (Å²) < 4.78 is 5.21. The number of methoxy groups -OCH3 is 1. The lowest BCUT2D eigenvalue weighted by Crippen LogP contribution is -2.30. The summed E-state index contributed by atoms with van der Waals surface area (Å²) in [6.45, 7) is 2.20. The first-order chi connectivity index (χ1) is 15.3. The number of amides is 1. The first kappa shape index (κ1) is 23.1. The lowest BCUT2D eigenvalue weighted by molar-refractivity contribution is -0.140. The Morgan fingerprint density at radius 2 is 1.62 bits per heavy atom. The second kappa shape index (κ2) is 10.1. The average Bonchev–Trinajstić information content (AvgIpc) is 3.03. The summed E-state index contributed by atoms with van der Waals surface area (Å²) in [5.74, 6) is -1.83. The van der Waals surface area contributed by atoms with Gasteiger partial charge in [0.25, 0.3) is 11.7 Å². The largest absolute Gasteiger partial charge is 0.507 e. The number of aliphatic carboxylic acids is 1. The van der Waals surface area contributed by atoms with E-state index in [-0.39, 0.29) is 24.3 Å². The number of ether oxygens (including phenoxy) is 1. The number of hydrogen-bond donors (Lipinski definition) is 2. The number of rotatable bonds is 9. The Morgan fingerprint density at radius 3 is 2.22 bits per heavy atom. The fraction of sp³-hybridized carbons (Fsp3) is 0.320. The number of likely N-dealkylation sites (tertiary alicyclic amines) is 1. The highest BCUT2D eigenvalue weighted by Crippen LogP contribution is 2.40. The number of hydrogen-bond acceptors (Lipinski definition) is 5. The monoisotopic (exact) mass is 437 g/mol. The molecule has 2 aromatic rings. The topological polar surface area (TPSA) is 104 Å². The molecule has 0 aromatic heterocycles. The van der Waals surface area contributed by atoms with Crippen LogP contribution in [0.5, 0.6) is 5.75 Å². The van der Waals surface area contributed by atoms with Crippen LogP contribution in [-0.4, -0.2) is 46.4 Å². The minimum atomic E-state index is -0.859. The number of unbranched alkanes of at least 4 members (excludes halogenated alkanes) is 2. The van der Waals surface area contributed by atoms with E-state index in [0.717, 1.165) is 5.56 Å². The number of aryl methyl sites for hydroxylation is 1. The molecule has 3 rings (SSSR count). The van der Waals surface area contributed by atoms with Crippen molar-refractivity contribution in [3.8, 4) is 5.75 Å². The van der Waals surface area contributed by atoms with E-state index in [9.17, 15) is 19.5 Å². The number of nitrogens with zero attached hydrogens (tertiary/aromatic N) is 1. The smallest absolute Gasteiger partial charge is 0.303 e. The second-order valence-corrected chi connectivity index (χ2v) is 7.84. The van der Waals surface area contributed by atoms with E-state index >= 15 is 0 Å². The van der Waals surface area contributed by atoms with Gasteiger partial charge in [-0.1, -0.05) is 48.4 Å². The minimum absolute atomic E-state index is 0.0505. The van der Waals surface area contributed by atoms with Crippen molar-refractivity contribution in [2.75, 3.05) is 13.7 Å². The maximum atomic E-state index is 13.0. The van der Waals surface area contributed by atoms with E-state index in [2.05, 4.69) is 0 Å². The minimum Gasteiger partial charge on any atom is -0.507 e. The highest BCUT2D eigenvalue weighted by molar-refractivity contribution is 6.46. The number of carbonyl (C=O) groups excluding carboxylic acids is 2. The van der Waals surface area contributed by atoms with Gasteiger partial charge in [0.15, 0.2) is 0 Å². The van der Waals surface area contributed by atoms with E-state index in [0.29, 0.717) is 36.1 Å². The Labute approximate surface area is 186 Å². The molecule has 0 radical (unpaired) electrons. The summed E-state index contributed by atoms with van der Waals surface area (Å²) in [4.78, 5) is 38.1. The molecule has 2 N–H and O–H groups in total. The van der Waals surface area contributed by atoms with Crippen molar-refractivity contribution >= 4 is 23.4 Å². The number of Topliss-reactive ketones (excluding diaryl/α,β-unsaturated/α-hetero) is 1. The number of carboxylic acids is 1. The maximum Gasteiger partial charge on any atom is 0.303 e. The molecule has 7 heteroatoms. The third kappa shape index (κ3) is 4.99. The predicted molar refractivity (Wildman–Crippen MR) is 119 cm³/mol. The Balaban J connectivity index is 1.97. The van der Waals surface area contributed by atoms with Crippen LogP contribution in [0.25, 0.3) is 5.76 Å². The summed E-state index contributed by atoms with van der Waals surface area (Å²) in [5.41, 5.74) is 2.21. The van der Waals surface area contributed by atoms with Gasteiger partial charge >= 0.3 is 5.97 Å². The molecule has 1 heterocycles. The zero-order valence-corrected chi connectivity index (χ0v) is 18.2. The molecule has 1 aliphatic rings. The molecule has 1 unspecified atom stereocenters. The first-order valence-corrected chi connectivity index (χ1v) is 10.5. The molecule has 0 saturated carbocycles. The van der Waals surface area contributed by atoms with Gasteiger partial charge in [-0.25, -0.2) is 0 Å². The highest BCUT2D eigenvalue weighted by atomic mass is 16.5. The zero-order chi connectivity index (χ0) is 23.3. The van der Waals surface area contributed by atoms with Crippen LogP contribution in [0.4, 0.5) is 0 Å². The van der Waals surface area contributed by atoms with E-state index in [4.69, 9.17) is 9.84 Å². The fourth-order valence-corrected chi connectivity index (χ4v) is 3.85. The van der Waals surface area contributed by atoms with Crippen molar-refractivity contribution in [3.05, 3.63) is 70.8 Å². The molecule has 2 aromatic carbocycles. The molecule has 1 saturated heterocycles. The number of ketones is 1. The standard InChI is InChI=1S/C25H27NO6/c1-16-7-9-18(10-8-16)23(29)21-22(17-11-13-19(32-2)14-12-17)26(25(31)24(21)30)15-5-3-4-6-20(27)28/h7-14,22,29H,3-6,15H2,1-2H3,(H,27,28). The molecule has 168 valence electrons. The number of benzene rings is 2. The van der Waals surface area contributed by atoms with E-state index in [1.165, 1.54) is 4.90 Å². The highest BCUT2D eigenvalue weighted by Gasteiger charge is 2.45. The van der Waals surface area contributed by atoms with Crippen LogP contribution < -0.4 is 4.74 Å². The van der Waals surface area contributed by atoms with Crippen LogP contribution in [0.15, 0.2) is 54.1 Å². The van der Waals surface area contributed by atoms with Crippen molar-refractivity contribution < 1.29 is 29.3 Å². The van der Waals surface area contributed by atoms with Crippen molar-refractivity contribution in [3.63, 3.8) is 0 Å². The number of carbonyl (C=O) groups is 3. The third-order valence-electron chi connectivity index (χ3n) is 5.59. The molecule has 1 amide bonds. The average molecular weight is 437 g/mol. The molecule has 0 spiro atoms. The number of carboxylic acid groups (broad SMARTS) is 1. The van der Waals surface area contributed by atoms with Gasteiger partial charge in [-0.15, -0.1) is 0 Å². The first-order valence-electron chi connectivity index (χ1n) is 10.5. The molecule has 1 aliphatic heterocycles. The Hall–Kier alpha value is -3.61. The van der Waals surface area contributed by atoms with Crippen molar-refractivity contribution in [1.29, 1.82) is 0 Å². The summed E-state index contributed by atoms with van der Waals surface area (Å²) in [6, 6.07) is 13.4. The molecule has 1 atom stereocenters. The molecule has 0 aliphatic carbocycles. The van der Waals surface area contributed by atoms with Crippen molar-refractivity contribution in [2.24, 2.45) is 0 Å². The molecule has 0 bridgehead atoms. The van der Waals surface area contributed by atoms with Crippen LogP contribution in [0, 0.1) is 6.92 Å². The van der Waals surface area contributed by atoms with Crippen molar-refractivity contribution in [2.45, 2.75) is 38.6 Å². The molecule has 7 nitrogen and oxygen atoms in total. The second-order valence-electron chi connectivity index (χ2n) is 7.84. The molecular formula is C25H27NO6. The third-order valence-corrected chi connectivity index (χ3v) is 5.59. The lowest BCUT2D eigenvalue weighted by Gasteiger charge is -2.25. The summed E-state index contributed by atoms with van der Waals surface area (Å²) >= 11 is 0. The van der Waals surface area contributed by atoms with Gasteiger partial charge in [-0.05, 0) is 37.5 Å². The van der Waals surface area contributed by atoms with E-state index < -0.39 is 23.7 Å². The number of aliphatic hydroxyl groups is 1. The van der Waals surface area contributed by atoms with Gasteiger partial charge in [0, 0.05) is 18.5 Å². The van der Waals surface area contributed by atoms with E-state index in [1.54, 1.807) is 43.5 Å². The van der Waals surface area contributed by atoms with Crippen LogP contribution in [0.1, 0.15) is 48.4 Å². The Morgan fingerprint density at radius 1 is 0.969 bits per heavy atom. The summed E-state index contributed by atoms with van der Waals surface area (Å²) in [5, 5.41) is 19.8. The van der Waals surface area contributed by atoms with Gasteiger partial charge < -0.3 is 19.8 Å². The Kier molecular flexibility index (Phi) is 7.30. The van der Waals surface area contributed by atoms with Gasteiger partial charge in [-0.3, -0.25) is 14.4 Å². The fourth-order valence-electron chi connectivity index (χ4n) is 3.85. The van der Waals surface area contributed by atoms with Crippen molar-refractivity contribution in [1.82, 2.24) is 4.90 Å². The van der Waals surface area contributed by atoms with Gasteiger partial charge in [-0.2, -0.15) is 0 Å². The maximum absolute atomic E-state index is 13.0. The SMILES string of the molecule is COc1ccc(C2C(=C(O)c3ccc(C)cc3)C(=O)C(=O)N2CCCCCC(=O)O)cc1.